The number of carbonyl (C=O) groups is 2. The van der Waals surface area contributed by atoms with E-state index in [0.29, 0.717) is 6.61 Å². The van der Waals surface area contributed by atoms with Gasteiger partial charge in [-0.2, -0.15) is 0 Å². The largest absolute Gasteiger partial charge is 0.493 e. The van der Waals surface area contributed by atoms with Gasteiger partial charge in [-0.3, -0.25) is 4.79 Å². The zero-order valence-corrected chi connectivity index (χ0v) is 14.6. The van der Waals surface area contributed by atoms with Crippen molar-refractivity contribution in [3.63, 3.8) is 0 Å². The van der Waals surface area contributed by atoms with Crippen molar-refractivity contribution in [3.05, 3.63) is 53.6 Å². The molecule has 1 aromatic rings. The number of carbonyl (C=O) groups excluding carboxylic acids is 2. The van der Waals surface area contributed by atoms with Crippen LogP contribution in [0.1, 0.15) is 19.4 Å². The van der Waals surface area contributed by atoms with E-state index in [-0.39, 0.29) is 30.2 Å². The number of hydrogen-bond donors (Lipinski definition) is 0. The molecule has 0 N–H and O–H groups in total. The van der Waals surface area contributed by atoms with Crippen LogP contribution in [0.15, 0.2) is 48.1 Å². The topological polar surface area (TPSA) is 65.1 Å². The van der Waals surface area contributed by atoms with E-state index in [4.69, 9.17) is 14.2 Å². The molecule has 0 unspecified atom stereocenters. The van der Waals surface area contributed by atoms with Gasteiger partial charge in [0.15, 0.2) is 12.4 Å². The van der Waals surface area contributed by atoms with Crippen LogP contribution in [0.5, 0.6) is 0 Å². The van der Waals surface area contributed by atoms with E-state index in [1.54, 1.807) is 6.08 Å². The van der Waals surface area contributed by atoms with Gasteiger partial charge in [0, 0.05) is 29.9 Å². The lowest BCUT2D eigenvalue weighted by atomic mass is 9.83. The van der Waals surface area contributed by atoms with Crippen molar-refractivity contribution in [2.45, 2.75) is 19.3 Å². The molecule has 2 aliphatic rings. The maximum Gasteiger partial charge on any atom is 0.377 e. The van der Waals surface area contributed by atoms with Gasteiger partial charge in [0.1, 0.15) is 19.5 Å². The number of nitrogens with zero attached hydrogens (tertiary/aromatic N) is 1. The Kier molecular flexibility index (Phi) is 4.53. The third kappa shape index (κ3) is 3.24. The lowest BCUT2D eigenvalue weighted by Crippen LogP contribution is -2.25. The molecule has 0 saturated heterocycles. The van der Waals surface area contributed by atoms with Crippen LogP contribution in [0.2, 0.25) is 0 Å². The van der Waals surface area contributed by atoms with Crippen LogP contribution in [-0.4, -0.2) is 38.6 Å². The van der Waals surface area contributed by atoms with Gasteiger partial charge in [0.2, 0.25) is 5.76 Å². The Morgan fingerprint density at radius 1 is 1.28 bits per heavy atom. The van der Waals surface area contributed by atoms with Crippen LogP contribution in [-0.2, 0) is 29.2 Å². The number of ether oxygens (including phenoxy) is 3. The molecule has 0 aromatic heterocycles. The fourth-order valence-corrected chi connectivity index (χ4v) is 3.14. The number of anilines is 1. The lowest BCUT2D eigenvalue weighted by molar-refractivity contribution is -0.147. The van der Waals surface area contributed by atoms with Crippen LogP contribution >= 0.6 is 0 Å². The molecule has 0 saturated carbocycles. The number of fused-ring (bicyclic) bond motifs is 1. The molecule has 0 bridgehead atoms. The van der Waals surface area contributed by atoms with E-state index >= 15 is 0 Å². The van der Waals surface area contributed by atoms with Crippen molar-refractivity contribution in [2.24, 2.45) is 0 Å². The van der Waals surface area contributed by atoms with E-state index < -0.39 is 5.97 Å². The summed E-state index contributed by atoms with van der Waals surface area (Å²) in [6.45, 7) is 4.47. The van der Waals surface area contributed by atoms with Crippen molar-refractivity contribution in [3.8, 4) is 0 Å². The Morgan fingerprint density at radius 3 is 2.72 bits per heavy atom. The molecule has 3 rings (SSSR count). The molecule has 25 heavy (non-hydrogen) atoms. The molecule has 6 heteroatoms. The molecule has 0 amide bonds. The second-order valence-corrected chi connectivity index (χ2v) is 6.47. The Hall–Kier alpha value is -2.76. The first kappa shape index (κ1) is 17.1. The zero-order valence-electron chi connectivity index (χ0n) is 14.6. The van der Waals surface area contributed by atoms with Gasteiger partial charge in [0.25, 0.3) is 0 Å². The van der Waals surface area contributed by atoms with Crippen molar-refractivity contribution in [2.75, 3.05) is 31.8 Å². The van der Waals surface area contributed by atoms with Crippen molar-refractivity contribution >= 4 is 17.4 Å². The number of esters is 1. The van der Waals surface area contributed by atoms with E-state index in [2.05, 4.69) is 19.9 Å². The van der Waals surface area contributed by atoms with Crippen molar-refractivity contribution < 1.29 is 23.8 Å². The number of hydrogen-bond acceptors (Lipinski definition) is 6. The monoisotopic (exact) mass is 343 g/mol. The number of allylic oxidation sites excluding steroid dienone is 1. The molecule has 0 spiro atoms. The fraction of sp³-hybridized carbons (Fsp3) is 0.368. The van der Waals surface area contributed by atoms with Gasteiger partial charge in [-0.05, 0) is 11.6 Å². The highest BCUT2D eigenvalue weighted by atomic mass is 16.6. The van der Waals surface area contributed by atoms with Gasteiger partial charge in [-0.15, -0.1) is 0 Å². The van der Waals surface area contributed by atoms with Gasteiger partial charge in [0.05, 0.1) is 0 Å². The SMILES string of the molecule is CN1/C(=C/C(=O)COC(=O)C2=COCCO2)C(C)(C)c2ccccc21. The Balaban J connectivity index is 1.69. The van der Waals surface area contributed by atoms with Gasteiger partial charge in [-0.1, -0.05) is 32.0 Å². The first-order chi connectivity index (χ1) is 11.9. The highest BCUT2D eigenvalue weighted by Crippen LogP contribution is 2.46. The third-order valence-electron chi connectivity index (χ3n) is 4.43. The number of para-hydroxylation sites is 1. The molecule has 2 heterocycles. The first-order valence-electron chi connectivity index (χ1n) is 8.11. The average molecular weight is 343 g/mol. The smallest absolute Gasteiger partial charge is 0.377 e. The van der Waals surface area contributed by atoms with Gasteiger partial charge >= 0.3 is 5.97 Å². The normalized spacial score (nSPS) is 19.6. The average Bonchev–Trinajstić information content (AvgIpc) is 2.82. The summed E-state index contributed by atoms with van der Waals surface area (Å²) < 4.78 is 15.1. The second kappa shape index (κ2) is 6.63. The Bertz CT molecular complexity index is 763. The van der Waals surface area contributed by atoms with Crippen LogP contribution in [0.3, 0.4) is 0 Å². The van der Waals surface area contributed by atoms with E-state index in [9.17, 15) is 9.59 Å². The standard InChI is InChI=1S/C19H21NO5/c1-19(2)14-6-4-5-7-15(14)20(3)17(19)10-13(21)11-25-18(22)16-12-23-8-9-24-16/h4-7,10,12H,8-9,11H2,1-3H3/b17-10+. The molecule has 0 atom stereocenters. The van der Waals surface area contributed by atoms with Gasteiger partial charge in [-0.25, -0.2) is 4.79 Å². The maximum absolute atomic E-state index is 12.3. The van der Waals surface area contributed by atoms with Crippen LogP contribution < -0.4 is 4.90 Å². The summed E-state index contributed by atoms with van der Waals surface area (Å²) in [6, 6.07) is 8.04. The van der Waals surface area contributed by atoms with E-state index in [0.717, 1.165) is 16.9 Å². The summed E-state index contributed by atoms with van der Waals surface area (Å²) in [6.07, 6.45) is 2.75. The molecule has 0 fully saturated rings. The van der Waals surface area contributed by atoms with Crippen molar-refractivity contribution in [1.82, 2.24) is 0 Å². The predicted molar refractivity (Wildman–Crippen MR) is 91.9 cm³/mol. The summed E-state index contributed by atoms with van der Waals surface area (Å²) in [4.78, 5) is 26.1. The maximum atomic E-state index is 12.3. The summed E-state index contributed by atoms with van der Waals surface area (Å²) in [5.41, 5.74) is 2.80. The minimum atomic E-state index is -0.700. The molecular formula is C19H21NO5. The molecule has 0 aliphatic carbocycles. The first-order valence-corrected chi connectivity index (χ1v) is 8.11. The quantitative estimate of drug-likeness (QED) is 0.617. The number of benzene rings is 1. The highest BCUT2D eigenvalue weighted by Gasteiger charge is 2.38. The molecule has 0 radical (unpaired) electrons. The third-order valence-corrected chi connectivity index (χ3v) is 4.43. The molecule has 132 valence electrons. The van der Waals surface area contributed by atoms with Crippen LogP contribution in [0.25, 0.3) is 0 Å². The van der Waals surface area contributed by atoms with Crippen LogP contribution in [0.4, 0.5) is 5.69 Å². The predicted octanol–water partition coefficient (Wildman–Crippen LogP) is 2.30. The Morgan fingerprint density at radius 2 is 2.04 bits per heavy atom. The zero-order chi connectivity index (χ0) is 18.0. The summed E-state index contributed by atoms with van der Waals surface area (Å²) >= 11 is 0. The molecular weight excluding hydrogens is 322 g/mol. The van der Waals surface area contributed by atoms with E-state index in [1.807, 2.05) is 30.1 Å². The number of ketones is 1. The summed E-state index contributed by atoms with van der Waals surface area (Å²) in [5.74, 6) is -1.00. The molecule has 1 aromatic carbocycles. The van der Waals surface area contributed by atoms with Crippen LogP contribution in [0, 0.1) is 0 Å². The van der Waals surface area contributed by atoms with Gasteiger partial charge < -0.3 is 19.1 Å². The summed E-state index contributed by atoms with van der Waals surface area (Å²) in [7, 11) is 1.93. The Labute approximate surface area is 146 Å². The molecule has 6 nitrogen and oxygen atoms in total. The fourth-order valence-electron chi connectivity index (χ4n) is 3.14. The van der Waals surface area contributed by atoms with Crippen molar-refractivity contribution in [1.29, 1.82) is 0 Å². The molecule has 2 aliphatic heterocycles. The van der Waals surface area contributed by atoms with E-state index in [1.165, 1.54) is 6.26 Å². The number of likely N-dealkylation sites (N-methyl/N-ethyl adjacent to an activating group) is 1. The minimum absolute atomic E-state index is 0.0163. The lowest BCUT2D eigenvalue weighted by Gasteiger charge is -2.23. The number of rotatable bonds is 4. The summed E-state index contributed by atoms with van der Waals surface area (Å²) in [5, 5.41) is 0. The highest BCUT2D eigenvalue weighted by molar-refractivity contribution is 5.95. The second-order valence-electron chi connectivity index (χ2n) is 6.47. The minimum Gasteiger partial charge on any atom is -0.493 e.